The van der Waals surface area contributed by atoms with Crippen LogP contribution in [0.2, 0.25) is 0 Å². The fourth-order valence-corrected chi connectivity index (χ4v) is 4.86. The number of anilines is 1. The number of carbonyl (C=O) groups is 1. The Morgan fingerprint density at radius 3 is 2.85 bits per heavy atom. The fraction of sp³-hybridized carbons (Fsp3) is 0.438. The second kappa shape index (κ2) is 8.21. The first kappa shape index (κ1) is 18.9. The summed E-state index contributed by atoms with van der Waals surface area (Å²) in [4.78, 5) is 21.5. The van der Waals surface area contributed by atoms with Crippen molar-refractivity contribution in [3.63, 3.8) is 0 Å². The molecule has 1 aliphatic heterocycles. The molecule has 0 spiro atoms. The Hall–Kier alpha value is -1.88. The van der Waals surface area contributed by atoms with Crippen molar-refractivity contribution in [2.45, 2.75) is 23.7 Å². The molecule has 1 amide bonds. The zero-order valence-corrected chi connectivity index (χ0v) is 16.0. The highest BCUT2D eigenvalue weighted by Gasteiger charge is 2.24. The van der Waals surface area contributed by atoms with Crippen molar-refractivity contribution >= 4 is 32.4 Å². The van der Waals surface area contributed by atoms with E-state index in [4.69, 9.17) is 0 Å². The van der Waals surface area contributed by atoms with Crippen molar-refractivity contribution < 1.29 is 13.2 Å². The van der Waals surface area contributed by atoms with E-state index in [2.05, 4.69) is 20.6 Å². The number of hydrogen-bond acceptors (Lipinski definition) is 7. The number of piperidine rings is 1. The second-order valence-electron chi connectivity index (χ2n) is 6.09. The Kier molecular flexibility index (Phi) is 5.97. The van der Waals surface area contributed by atoms with Crippen LogP contribution in [0.15, 0.2) is 35.6 Å². The van der Waals surface area contributed by atoms with Gasteiger partial charge in [0.1, 0.15) is 4.90 Å². The van der Waals surface area contributed by atoms with E-state index in [1.54, 1.807) is 12.3 Å². The first-order chi connectivity index (χ1) is 12.5. The average Bonchev–Trinajstić information content (AvgIpc) is 3.11. The maximum atomic E-state index is 12.4. The zero-order chi connectivity index (χ0) is 18.6. The van der Waals surface area contributed by atoms with Crippen LogP contribution in [-0.4, -0.2) is 55.3 Å². The normalized spacial score (nSPS) is 15.9. The smallest absolute Gasteiger partial charge is 0.244 e. The number of pyridine rings is 1. The highest BCUT2D eigenvalue weighted by Crippen LogP contribution is 2.31. The molecule has 1 aliphatic rings. The largest absolute Gasteiger partial charge is 0.317 e. The summed E-state index contributed by atoms with van der Waals surface area (Å²) >= 11 is 1.45. The van der Waals surface area contributed by atoms with E-state index < -0.39 is 15.9 Å². The number of hydrogen-bond donors (Lipinski definition) is 2. The number of amides is 1. The first-order valence-electron chi connectivity index (χ1n) is 8.29. The van der Waals surface area contributed by atoms with E-state index in [9.17, 15) is 13.2 Å². The van der Waals surface area contributed by atoms with E-state index in [1.165, 1.54) is 36.8 Å². The van der Waals surface area contributed by atoms with Crippen LogP contribution in [-0.2, 0) is 14.8 Å². The molecular weight excluding hydrogens is 374 g/mol. The van der Waals surface area contributed by atoms with Gasteiger partial charge in [0.25, 0.3) is 0 Å². The number of rotatable bonds is 6. The molecule has 0 radical (unpaired) electrons. The van der Waals surface area contributed by atoms with Crippen LogP contribution in [0, 0.1) is 0 Å². The monoisotopic (exact) mass is 395 g/mol. The number of aromatic nitrogens is 2. The number of carbonyl (C=O) groups excluding carboxylic acids is 1. The lowest BCUT2D eigenvalue weighted by Gasteiger charge is -2.20. The van der Waals surface area contributed by atoms with Crippen molar-refractivity contribution in [1.82, 2.24) is 19.6 Å². The summed E-state index contributed by atoms with van der Waals surface area (Å²) in [5.74, 6) is 0.0409. The lowest BCUT2D eigenvalue weighted by atomic mass is 9.97. The molecule has 0 unspecified atom stereocenters. The molecule has 10 heteroatoms. The molecule has 2 aromatic heterocycles. The Morgan fingerprint density at radius 2 is 2.15 bits per heavy atom. The quantitative estimate of drug-likeness (QED) is 0.763. The molecular formula is C16H21N5O3S2. The predicted molar refractivity (Wildman–Crippen MR) is 99.6 cm³/mol. The summed E-state index contributed by atoms with van der Waals surface area (Å²) in [5, 5.41) is 6.50. The third kappa shape index (κ3) is 4.44. The third-order valence-electron chi connectivity index (χ3n) is 4.22. The summed E-state index contributed by atoms with van der Waals surface area (Å²) in [6.45, 7) is 1.68. The van der Waals surface area contributed by atoms with E-state index in [-0.39, 0.29) is 11.4 Å². The Bertz CT molecular complexity index is 848. The van der Waals surface area contributed by atoms with Gasteiger partial charge in [-0.3, -0.25) is 9.78 Å². The molecule has 0 saturated carbocycles. The number of thiazole rings is 1. The lowest BCUT2D eigenvalue weighted by molar-refractivity contribution is -0.116. The molecule has 8 nitrogen and oxygen atoms in total. The predicted octanol–water partition coefficient (Wildman–Crippen LogP) is 1.26. The minimum absolute atomic E-state index is 0.0535. The minimum atomic E-state index is -3.75. The van der Waals surface area contributed by atoms with Gasteiger partial charge >= 0.3 is 0 Å². The molecule has 0 aromatic carbocycles. The molecule has 26 heavy (non-hydrogen) atoms. The summed E-state index contributed by atoms with van der Waals surface area (Å²) in [6.07, 6.45) is 6.67. The van der Waals surface area contributed by atoms with Gasteiger partial charge in [0.05, 0.1) is 6.54 Å². The Labute approximate surface area is 156 Å². The first-order valence-corrected chi connectivity index (χ1v) is 10.5. The van der Waals surface area contributed by atoms with Gasteiger partial charge in [-0.1, -0.05) is 0 Å². The minimum Gasteiger partial charge on any atom is -0.317 e. The molecule has 2 N–H and O–H groups in total. The van der Waals surface area contributed by atoms with Crippen molar-refractivity contribution in [2.75, 3.05) is 32.0 Å². The highest BCUT2D eigenvalue weighted by atomic mass is 32.2. The standard InChI is InChI=1S/C16H21N5O3S2/c1-21(26(23,24)13-3-2-6-18-9-13)11-15(22)20-16-19-10-14(25-16)12-4-7-17-8-5-12/h2-3,6,9-10,12,17H,4-5,7-8,11H2,1H3,(H,19,20,22). The molecule has 0 bridgehead atoms. The van der Waals surface area contributed by atoms with Gasteiger partial charge in [-0.25, -0.2) is 13.4 Å². The van der Waals surface area contributed by atoms with Crippen molar-refractivity contribution in [2.24, 2.45) is 0 Å². The number of nitrogens with one attached hydrogen (secondary N) is 2. The number of likely N-dealkylation sites (N-methyl/N-ethyl adjacent to an activating group) is 1. The average molecular weight is 396 g/mol. The fourth-order valence-electron chi connectivity index (χ4n) is 2.77. The molecule has 1 fully saturated rings. The molecule has 0 aliphatic carbocycles. The molecule has 0 atom stereocenters. The van der Waals surface area contributed by atoms with Gasteiger partial charge in [0.2, 0.25) is 15.9 Å². The SMILES string of the molecule is CN(CC(=O)Nc1ncc(C2CCNCC2)s1)S(=O)(=O)c1cccnc1. The van der Waals surface area contributed by atoms with E-state index in [0.717, 1.165) is 35.1 Å². The molecule has 3 heterocycles. The summed E-state index contributed by atoms with van der Waals surface area (Å²) in [5.41, 5.74) is 0. The molecule has 3 rings (SSSR count). The molecule has 2 aromatic rings. The van der Waals surface area contributed by atoms with E-state index in [1.807, 2.05) is 0 Å². The molecule has 140 valence electrons. The number of sulfonamides is 1. The van der Waals surface area contributed by atoms with Crippen LogP contribution in [0.5, 0.6) is 0 Å². The van der Waals surface area contributed by atoms with Crippen molar-refractivity contribution in [1.29, 1.82) is 0 Å². The Balaban J connectivity index is 1.59. The van der Waals surface area contributed by atoms with E-state index >= 15 is 0 Å². The number of nitrogens with zero attached hydrogens (tertiary/aromatic N) is 3. The molecule has 1 saturated heterocycles. The van der Waals surface area contributed by atoms with Crippen molar-refractivity contribution in [3.05, 3.63) is 35.6 Å². The lowest BCUT2D eigenvalue weighted by Crippen LogP contribution is -2.35. The summed E-state index contributed by atoms with van der Waals surface area (Å²) in [6, 6.07) is 2.99. The van der Waals surface area contributed by atoms with Crippen LogP contribution in [0.3, 0.4) is 0 Å². The van der Waals surface area contributed by atoms with Crippen LogP contribution in [0.4, 0.5) is 5.13 Å². The van der Waals surface area contributed by atoms with Crippen LogP contribution in [0.1, 0.15) is 23.6 Å². The maximum Gasteiger partial charge on any atom is 0.244 e. The maximum absolute atomic E-state index is 12.4. The van der Waals surface area contributed by atoms with Crippen molar-refractivity contribution in [3.8, 4) is 0 Å². The van der Waals surface area contributed by atoms with E-state index in [0.29, 0.717) is 11.0 Å². The second-order valence-corrected chi connectivity index (χ2v) is 9.20. The van der Waals surface area contributed by atoms with Crippen LogP contribution in [0.25, 0.3) is 0 Å². The van der Waals surface area contributed by atoms with Crippen LogP contribution < -0.4 is 10.6 Å². The summed E-state index contributed by atoms with van der Waals surface area (Å²) in [7, 11) is -2.39. The highest BCUT2D eigenvalue weighted by molar-refractivity contribution is 7.89. The summed E-state index contributed by atoms with van der Waals surface area (Å²) < 4.78 is 25.8. The van der Waals surface area contributed by atoms with Gasteiger partial charge in [0.15, 0.2) is 5.13 Å². The zero-order valence-electron chi connectivity index (χ0n) is 14.4. The van der Waals surface area contributed by atoms with Gasteiger partial charge in [-0.15, -0.1) is 11.3 Å². The topological polar surface area (TPSA) is 104 Å². The third-order valence-corrected chi connectivity index (χ3v) is 7.08. The van der Waals surface area contributed by atoms with Gasteiger partial charge in [-0.05, 0) is 44.0 Å². The van der Waals surface area contributed by atoms with Crippen LogP contribution >= 0.6 is 11.3 Å². The van der Waals surface area contributed by atoms with Gasteiger partial charge < -0.3 is 10.6 Å². The van der Waals surface area contributed by atoms with Gasteiger partial charge in [-0.2, -0.15) is 4.31 Å². The Morgan fingerprint density at radius 1 is 1.38 bits per heavy atom. The van der Waals surface area contributed by atoms with Gasteiger partial charge in [0, 0.05) is 30.5 Å².